The summed E-state index contributed by atoms with van der Waals surface area (Å²) in [6.07, 6.45) is 2.76. The monoisotopic (exact) mass is 572 g/mol. The molecule has 0 aromatic heterocycles. The van der Waals surface area contributed by atoms with Crippen LogP contribution < -0.4 is 25.0 Å². The van der Waals surface area contributed by atoms with E-state index < -0.39 is 16.1 Å². The first kappa shape index (κ1) is 31.4. The molecule has 0 spiro atoms. The second-order valence-electron chi connectivity index (χ2n) is 11.4. The van der Waals surface area contributed by atoms with E-state index in [0.29, 0.717) is 60.9 Å². The molecule has 3 rings (SSSR count). The van der Waals surface area contributed by atoms with Gasteiger partial charge in [0, 0.05) is 37.8 Å². The van der Waals surface area contributed by atoms with Crippen molar-refractivity contribution in [2.75, 3.05) is 37.3 Å². The number of anilines is 1. The quantitative estimate of drug-likeness (QED) is 0.302. The highest BCUT2D eigenvalue weighted by Gasteiger charge is 2.33. The van der Waals surface area contributed by atoms with Gasteiger partial charge in [0.05, 0.1) is 24.6 Å². The van der Waals surface area contributed by atoms with Crippen LogP contribution in [0.5, 0.6) is 5.75 Å². The van der Waals surface area contributed by atoms with Gasteiger partial charge in [-0.3, -0.25) is 13.9 Å². The van der Waals surface area contributed by atoms with E-state index in [0.717, 1.165) is 22.5 Å². The molecular weight excluding hydrogens is 528 g/mol. The van der Waals surface area contributed by atoms with Gasteiger partial charge in [0.2, 0.25) is 15.9 Å². The van der Waals surface area contributed by atoms with Gasteiger partial charge in [-0.1, -0.05) is 51.1 Å². The fraction of sp³-hybridized carbons (Fsp3) is 0.533. The molecule has 0 bridgehead atoms. The van der Waals surface area contributed by atoms with Crippen molar-refractivity contribution in [3.8, 4) is 5.75 Å². The van der Waals surface area contributed by atoms with Gasteiger partial charge in [0.1, 0.15) is 5.75 Å². The maximum Gasteiger partial charge on any atom is 0.251 e. The molecule has 1 aliphatic rings. The van der Waals surface area contributed by atoms with Crippen molar-refractivity contribution in [2.24, 2.45) is 17.8 Å². The van der Waals surface area contributed by atoms with E-state index in [-0.39, 0.29) is 17.9 Å². The Morgan fingerprint density at radius 2 is 1.75 bits per heavy atom. The van der Waals surface area contributed by atoms with Crippen molar-refractivity contribution in [2.45, 2.75) is 52.6 Å². The molecule has 2 aromatic carbocycles. The molecule has 2 unspecified atom stereocenters. The Hall–Kier alpha value is -3.11. The number of rotatable bonds is 15. The predicted molar refractivity (Wildman–Crippen MR) is 159 cm³/mol. The molecule has 0 heterocycles. The zero-order valence-electron chi connectivity index (χ0n) is 24.4. The van der Waals surface area contributed by atoms with Gasteiger partial charge in [-0.2, -0.15) is 0 Å². The third-order valence-electron chi connectivity index (χ3n) is 7.16. The number of ether oxygens (including phenoxy) is 1. The van der Waals surface area contributed by atoms with Gasteiger partial charge < -0.3 is 20.7 Å². The number of benzene rings is 2. The van der Waals surface area contributed by atoms with Crippen molar-refractivity contribution < 1.29 is 22.7 Å². The van der Waals surface area contributed by atoms with E-state index in [1.54, 1.807) is 25.1 Å². The van der Waals surface area contributed by atoms with E-state index in [4.69, 9.17) is 4.74 Å². The summed E-state index contributed by atoms with van der Waals surface area (Å²) in [6.45, 7) is 9.51. The number of carbonyl (C=O) groups excluding carboxylic acids is 2. The first-order chi connectivity index (χ1) is 18.8. The van der Waals surface area contributed by atoms with Crippen molar-refractivity contribution in [3.63, 3.8) is 0 Å². The van der Waals surface area contributed by atoms with Crippen LogP contribution in [0.2, 0.25) is 0 Å². The highest BCUT2D eigenvalue weighted by Crippen LogP contribution is 2.38. The van der Waals surface area contributed by atoms with Crippen LogP contribution >= 0.6 is 0 Å². The lowest BCUT2D eigenvalue weighted by atomic mass is 10.0. The minimum atomic E-state index is -3.54. The number of hydrogen-bond donors (Lipinski definition) is 3. The second-order valence-corrected chi connectivity index (χ2v) is 13.4. The lowest BCUT2D eigenvalue weighted by Crippen LogP contribution is -2.50. The standard InChI is InChI=1S/C30H44N4O5S/c1-20(2)17-32-29(35)22(4)31-18-26(13-23-10-8-7-9-11-23)33-30(36)24-14-27(34(5)40(6,37)38)16-28(15-24)39-19-25-12-21(25)3/h7-11,14-16,20-22,25-26,31H,12-13,17-19H2,1-6H3,(H,32,35)(H,33,36)/t21?,22-,25?,26-/m0/s1. The van der Waals surface area contributed by atoms with Gasteiger partial charge >= 0.3 is 0 Å². The van der Waals surface area contributed by atoms with E-state index in [9.17, 15) is 18.0 Å². The third kappa shape index (κ3) is 9.82. The molecule has 0 saturated heterocycles. The maximum atomic E-state index is 13.5. The molecule has 40 heavy (non-hydrogen) atoms. The zero-order chi connectivity index (χ0) is 29.4. The summed E-state index contributed by atoms with van der Waals surface area (Å²) < 4.78 is 31.6. The minimum Gasteiger partial charge on any atom is -0.493 e. The Morgan fingerprint density at radius 3 is 2.35 bits per heavy atom. The summed E-state index contributed by atoms with van der Waals surface area (Å²) in [6, 6.07) is 13.9. The van der Waals surface area contributed by atoms with Gasteiger partial charge in [-0.25, -0.2) is 8.42 Å². The second kappa shape index (κ2) is 14.0. The number of nitrogens with zero attached hydrogens (tertiary/aromatic N) is 1. The van der Waals surface area contributed by atoms with Gasteiger partial charge in [0.15, 0.2) is 0 Å². The Labute approximate surface area is 239 Å². The number of hydrogen-bond acceptors (Lipinski definition) is 6. The summed E-state index contributed by atoms with van der Waals surface area (Å²) in [5.41, 5.74) is 1.69. The molecule has 2 aromatic rings. The predicted octanol–water partition coefficient (Wildman–Crippen LogP) is 3.21. The highest BCUT2D eigenvalue weighted by atomic mass is 32.2. The molecule has 0 aliphatic heterocycles. The Kier molecular flexibility index (Phi) is 11.0. The normalized spacial score (nSPS) is 18.1. The summed E-state index contributed by atoms with van der Waals surface area (Å²) >= 11 is 0. The number of nitrogens with one attached hydrogen (secondary N) is 3. The third-order valence-corrected chi connectivity index (χ3v) is 8.37. The largest absolute Gasteiger partial charge is 0.493 e. The molecule has 1 aliphatic carbocycles. The van der Waals surface area contributed by atoms with Crippen LogP contribution in [0.3, 0.4) is 0 Å². The first-order valence-corrected chi connectivity index (χ1v) is 15.8. The average molecular weight is 573 g/mol. The number of amides is 2. The minimum absolute atomic E-state index is 0.0956. The van der Waals surface area contributed by atoms with Crippen molar-refractivity contribution in [1.82, 2.24) is 16.0 Å². The fourth-order valence-corrected chi connectivity index (χ4v) is 4.71. The Balaban J connectivity index is 1.78. The summed E-state index contributed by atoms with van der Waals surface area (Å²) in [5.74, 6) is 1.42. The first-order valence-electron chi connectivity index (χ1n) is 13.9. The van der Waals surface area contributed by atoms with Crippen LogP contribution in [0.1, 0.15) is 50.0 Å². The SMILES string of the molecule is CC(C)CNC(=O)[C@H](C)NC[C@H](Cc1ccccc1)NC(=O)c1cc(OCC2CC2C)cc(N(C)S(C)(=O)=O)c1. The molecule has 4 atom stereocenters. The highest BCUT2D eigenvalue weighted by molar-refractivity contribution is 7.92. The van der Waals surface area contributed by atoms with Crippen LogP contribution in [-0.4, -0.2) is 65.3 Å². The van der Waals surface area contributed by atoms with Crippen LogP contribution in [0.25, 0.3) is 0 Å². The smallest absolute Gasteiger partial charge is 0.251 e. The lowest BCUT2D eigenvalue weighted by Gasteiger charge is -2.23. The lowest BCUT2D eigenvalue weighted by molar-refractivity contribution is -0.122. The Morgan fingerprint density at radius 1 is 1.07 bits per heavy atom. The number of sulfonamides is 1. The molecule has 9 nitrogen and oxygen atoms in total. The van der Waals surface area contributed by atoms with Crippen LogP contribution in [-0.2, 0) is 21.2 Å². The molecule has 3 N–H and O–H groups in total. The average Bonchev–Trinajstić information content (AvgIpc) is 3.62. The van der Waals surface area contributed by atoms with E-state index >= 15 is 0 Å². The molecular formula is C30H44N4O5S. The number of carbonyl (C=O) groups is 2. The molecule has 220 valence electrons. The maximum absolute atomic E-state index is 13.5. The van der Waals surface area contributed by atoms with Crippen LogP contribution in [0, 0.1) is 17.8 Å². The van der Waals surface area contributed by atoms with Crippen molar-refractivity contribution in [3.05, 3.63) is 59.7 Å². The molecule has 1 fully saturated rings. The van der Waals surface area contributed by atoms with Crippen LogP contribution in [0.4, 0.5) is 5.69 Å². The van der Waals surface area contributed by atoms with E-state index in [1.165, 1.54) is 7.05 Å². The van der Waals surface area contributed by atoms with E-state index in [2.05, 4.69) is 22.9 Å². The zero-order valence-corrected chi connectivity index (χ0v) is 25.3. The Bertz CT molecular complexity index is 1250. The molecule has 10 heteroatoms. The summed E-state index contributed by atoms with van der Waals surface area (Å²) in [4.78, 5) is 26.0. The van der Waals surface area contributed by atoms with Crippen molar-refractivity contribution in [1.29, 1.82) is 0 Å². The molecule has 1 saturated carbocycles. The van der Waals surface area contributed by atoms with Gasteiger partial charge in [-0.05, 0) is 55.2 Å². The van der Waals surface area contributed by atoms with Crippen molar-refractivity contribution >= 4 is 27.5 Å². The summed E-state index contributed by atoms with van der Waals surface area (Å²) in [7, 11) is -2.09. The molecule has 2 amide bonds. The van der Waals surface area contributed by atoms with Gasteiger partial charge in [-0.15, -0.1) is 0 Å². The molecule has 0 radical (unpaired) electrons. The summed E-state index contributed by atoms with van der Waals surface area (Å²) in [5, 5.41) is 9.26. The van der Waals surface area contributed by atoms with Crippen LogP contribution in [0.15, 0.2) is 48.5 Å². The van der Waals surface area contributed by atoms with Gasteiger partial charge in [0.25, 0.3) is 5.91 Å². The topological polar surface area (TPSA) is 117 Å². The van der Waals surface area contributed by atoms with E-state index in [1.807, 2.05) is 44.2 Å². The fourth-order valence-electron chi connectivity index (χ4n) is 4.22.